The van der Waals surface area contributed by atoms with Crippen molar-refractivity contribution in [3.63, 3.8) is 0 Å². The highest BCUT2D eigenvalue weighted by Gasteiger charge is 2.41. The van der Waals surface area contributed by atoms with E-state index in [0.717, 1.165) is 32.6 Å². The van der Waals surface area contributed by atoms with Crippen molar-refractivity contribution in [2.45, 2.75) is 58.4 Å². The number of fused-ring (bicyclic) bond motifs is 1. The predicted octanol–water partition coefficient (Wildman–Crippen LogP) is 4.37. The van der Waals surface area contributed by atoms with E-state index in [-0.39, 0.29) is 11.5 Å². The Kier molecular flexibility index (Phi) is 7.25. The number of nitrogens with zero attached hydrogens (tertiary/aromatic N) is 4. The molecule has 11 heteroatoms. The van der Waals surface area contributed by atoms with Gasteiger partial charge in [0, 0.05) is 32.1 Å². The van der Waals surface area contributed by atoms with E-state index < -0.39 is 23.8 Å². The first-order valence-corrected chi connectivity index (χ1v) is 12.4. The fourth-order valence-electron chi connectivity index (χ4n) is 4.92. The van der Waals surface area contributed by atoms with Gasteiger partial charge in [0.15, 0.2) is 5.82 Å². The lowest BCUT2D eigenvalue weighted by Gasteiger charge is -2.34. The van der Waals surface area contributed by atoms with Crippen LogP contribution in [0.1, 0.15) is 56.8 Å². The van der Waals surface area contributed by atoms with Crippen LogP contribution >= 0.6 is 0 Å². The first-order chi connectivity index (χ1) is 17.4. The Labute approximate surface area is 215 Å². The van der Waals surface area contributed by atoms with Gasteiger partial charge in [-0.2, -0.15) is 4.98 Å². The lowest BCUT2D eigenvalue weighted by Crippen LogP contribution is -2.45. The van der Waals surface area contributed by atoms with Crippen LogP contribution in [0.25, 0.3) is 0 Å². The Hall–Kier alpha value is -3.50. The Morgan fingerprint density at radius 2 is 1.97 bits per heavy atom. The molecule has 0 spiro atoms. The van der Waals surface area contributed by atoms with Crippen molar-refractivity contribution in [2.75, 3.05) is 42.4 Å². The van der Waals surface area contributed by atoms with Crippen LogP contribution in [0.15, 0.2) is 24.4 Å². The molecule has 1 aliphatic heterocycles. The van der Waals surface area contributed by atoms with Crippen LogP contribution in [0.2, 0.25) is 0 Å². The molecule has 9 nitrogen and oxygen atoms in total. The second-order valence-electron chi connectivity index (χ2n) is 10.5. The van der Waals surface area contributed by atoms with Gasteiger partial charge in [-0.1, -0.05) is 12.8 Å². The molecule has 0 saturated heterocycles. The normalized spacial score (nSPS) is 17.9. The van der Waals surface area contributed by atoms with Crippen molar-refractivity contribution in [1.82, 2.24) is 15.3 Å². The van der Waals surface area contributed by atoms with Crippen LogP contribution in [0, 0.1) is 5.41 Å². The van der Waals surface area contributed by atoms with Gasteiger partial charge in [-0.25, -0.2) is 13.8 Å². The van der Waals surface area contributed by atoms with Gasteiger partial charge in [0.1, 0.15) is 11.4 Å². The van der Waals surface area contributed by atoms with Gasteiger partial charge in [0.2, 0.25) is 11.9 Å². The Morgan fingerprint density at radius 1 is 1.27 bits per heavy atom. The molecule has 1 aliphatic carbocycles. The molecule has 37 heavy (non-hydrogen) atoms. The molecule has 1 saturated carbocycles. The van der Waals surface area contributed by atoms with Crippen LogP contribution in [0.4, 0.5) is 31.9 Å². The van der Waals surface area contributed by atoms with E-state index in [1.807, 2.05) is 13.8 Å². The molecular weight excluding hydrogens is 482 g/mol. The summed E-state index contributed by atoms with van der Waals surface area (Å²) < 4.78 is 31.7. The topological polar surface area (TPSA) is 99.7 Å². The van der Waals surface area contributed by atoms with Gasteiger partial charge >= 0.3 is 0 Å². The average Bonchev–Trinajstić information content (AvgIpc) is 3.37. The Balaban J connectivity index is 1.63. The average molecular weight is 517 g/mol. The van der Waals surface area contributed by atoms with Crippen molar-refractivity contribution < 1.29 is 23.1 Å². The molecule has 2 amide bonds. The molecule has 1 fully saturated rings. The number of methoxy groups -OCH3 is 1. The zero-order valence-corrected chi connectivity index (χ0v) is 21.9. The molecule has 4 rings (SSSR count). The summed E-state index contributed by atoms with van der Waals surface area (Å²) in [6.45, 7) is 4.44. The van der Waals surface area contributed by atoms with E-state index in [1.165, 1.54) is 19.2 Å². The molecule has 2 aliphatic rings. The van der Waals surface area contributed by atoms with Crippen molar-refractivity contribution >= 4 is 35.0 Å². The van der Waals surface area contributed by atoms with E-state index in [4.69, 9.17) is 9.72 Å². The Bertz CT molecular complexity index is 1180. The summed E-state index contributed by atoms with van der Waals surface area (Å²) >= 11 is 0. The molecule has 2 N–H and O–H groups in total. The number of halogens is 2. The maximum Gasteiger partial charge on any atom is 0.262 e. The van der Waals surface area contributed by atoms with E-state index in [2.05, 4.69) is 20.5 Å². The van der Waals surface area contributed by atoms with Crippen molar-refractivity contribution in [3.05, 3.63) is 30.0 Å². The number of rotatable bonds is 7. The maximum absolute atomic E-state index is 13.2. The SMILES string of the molecule is COc1cc(C(=O)NCC(C)(F)F)ccc1Nc1ncc2c(n1)N(C1CCCC1)CC(C)(C)C(=O)N2C. The van der Waals surface area contributed by atoms with Gasteiger partial charge in [0.05, 0.1) is 31.0 Å². The highest BCUT2D eigenvalue weighted by atomic mass is 19.3. The summed E-state index contributed by atoms with van der Waals surface area (Å²) in [5, 5.41) is 5.36. The molecule has 0 unspecified atom stereocenters. The van der Waals surface area contributed by atoms with E-state index in [0.29, 0.717) is 41.5 Å². The van der Waals surface area contributed by atoms with E-state index >= 15 is 0 Å². The summed E-state index contributed by atoms with van der Waals surface area (Å²) in [6.07, 6.45) is 6.02. The monoisotopic (exact) mass is 516 g/mol. The molecule has 1 aromatic heterocycles. The lowest BCUT2D eigenvalue weighted by molar-refractivity contribution is -0.125. The molecular formula is C26H34F2N6O3. The van der Waals surface area contributed by atoms with Gasteiger partial charge in [-0.15, -0.1) is 0 Å². The highest BCUT2D eigenvalue weighted by Crippen LogP contribution is 2.40. The van der Waals surface area contributed by atoms with Crippen molar-refractivity contribution in [3.8, 4) is 5.75 Å². The van der Waals surface area contributed by atoms with Crippen LogP contribution < -0.4 is 25.2 Å². The quantitative estimate of drug-likeness (QED) is 0.564. The van der Waals surface area contributed by atoms with Crippen molar-refractivity contribution in [2.24, 2.45) is 5.41 Å². The lowest BCUT2D eigenvalue weighted by atomic mass is 9.91. The number of nitrogens with one attached hydrogen (secondary N) is 2. The zero-order chi connectivity index (χ0) is 27.0. The minimum atomic E-state index is -3.01. The highest BCUT2D eigenvalue weighted by molar-refractivity contribution is 6.01. The summed E-state index contributed by atoms with van der Waals surface area (Å²) in [5.74, 6) is -2.30. The number of hydrogen-bond donors (Lipinski definition) is 2. The van der Waals surface area contributed by atoms with Gasteiger partial charge in [-0.05, 0) is 44.9 Å². The minimum Gasteiger partial charge on any atom is -0.495 e. The van der Waals surface area contributed by atoms with Crippen LogP contribution in [-0.4, -0.2) is 61.0 Å². The number of anilines is 4. The summed E-state index contributed by atoms with van der Waals surface area (Å²) in [5.41, 5.74) is 0.752. The number of carbonyl (C=O) groups excluding carboxylic acids is 2. The Morgan fingerprint density at radius 3 is 2.62 bits per heavy atom. The molecule has 0 radical (unpaired) electrons. The number of carbonyl (C=O) groups is 2. The largest absolute Gasteiger partial charge is 0.495 e. The minimum absolute atomic E-state index is 0.00919. The smallest absolute Gasteiger partial charge is 0.262 e. The van der Waals surface area contributed by atoms with Gasteiger partial charge in [0.25, 0.3) is 11.8 Å². The summed E-state index contributed by atoms with van der Waals surface area (Å²) in [7, 11) is 3.20. The second kappa shape index (κ2) is 10.1. The molecule has 0 bridgehead atoms. The third-order valence-electron chi connectivity index (χ3n) is 6.87. The third kappa shape index (κ3) is 5.75. The predicted molar refractivity (Wildman–Crippen MR) is 138 cm³/mol. The van der Waals surface area contributed by atoms with Crippen molar-refractivity contribution in [1.29, 1.82) is 0 Å². The van der Waals surface area contributed by atoms with Crippen LogP contribution in [-0.2, 0) is 4.79 Å². The molecule has 200 valence electrons. The molecule has 0 atom stereocenters. The van der Waals surface area contributed by atoms with E-state index in [1.54, 1.807) is 24.2 Å². The number of amides is 2. The number of alkyl halides is 2. The summed E-state index contributed by atoms with van der Waals surface area (Å²) in [6, 6.07) is 4.88. The number of benzene rings is 1. The van der Waals surface area contributed by atoms with E-state index in [9.17, 15) is 18.4 Å². The number of aromatic nitrogens is 2. The van der Waals surface area contributed by atoms with Crippen LogP contribution in [0.3, 0.4) is 0 Å². The molecule has 2 heterocycles. The van der Waals surface area contributed by atoms with Gasteiger partial charge in [-0.3, -0.25) is 9.59 Å². The maximum atomic E-state index is 13.2. The van der Waals surface area contributed by atoms with Gasteiger partial charge < -0.3 is 25.2 Å². The second-order valence-corrected chi connectivity index (χ2v) is 10.5. The third-order valence-corrected chi connectivity index (χ3v) is 6.87. The first kappa shape index (κ1) is 26.6. The number of hydrogen-bond acceptors (Lipinski definition) is 7. The summed E-state index contributed by atoms with van der Waals surface area (Å²) in [4.78, 5) is 38.6. The fraction of sp³-hybridized carbons (Fsp3) is 0.538. The molecule has 2 aromatic rings. The first-order valence-electron chi connectivity index (χ1n) is 12.4. The fourth-order valence-corrected chi connectivity index (χ4v) is 4.92. The molecule has 1 aromatic carbocycles. The van der Waals surface area contributed by atoms with Crippen LogP contribution in [0.5, 0.6) is 5.75 Å². The standard InChI is InChI=1S/C26H34F2N6O3/c1-25(2)15-34(17-8-6-7-9-17)21-19(33(4)23(25)36)13-29-24(32-21)31-18-11-10-16(12-20(18)37-5)22(35)30-14-26(3,27)28/h10-13,17H,6-9,14-15H2,1-5H3,(H,30,35)(H,29,31,32). The zero-order valence-electron chi connectivity index (χ0n) is 21.9. The number of ether oxygens (including phenoxy) is 1.